The maximum atomic E-state index is 12.9. The Labute approximate surface area is 138 Å². The molecule has 2 aromatic rings. The Morgan fingerprint density at radius 3 is 2.61 bits per heavy atom. The molecule has 0 amide bonds. The van der Waals surface area contributed by atoms with E-state index in [4.69, 9.17) is 0 Å². The zero-order chi connectivity index (χ0) is 15.9. The lowest BCUT2D eigenvalue weighted by molar-refractivity contribution is 0.182. The van der Waals surface area contributed by atoms with Crippen LogP contribution in [-0.2, 0) is 6.42 Å². The highest BCUT2D eigenvalue weighted by Gasteiger charge is 2.19. The summed E-state index contributed by atoms with van der Waals surface area (Å²) in [6, 6.07) is 17.3. The molecule has 1 fully saturated rings. The molecule has 2 nitrogen and oxygen atoms in total. The van der Waals surface area contributed by atoms with Crippen molar-refractivity contribution in [1.82, 2.24) is 4.90 Å². The van der Waals surface area contributed by atoms with Gasteiger partial charge in [-0.05, 0) is 61.6 Å². The van der Waals surface area contributed by atoms with E-state index >= 15 is 0 Å². The number of hydrogen-bond donors (Lipinski definition) is 1. The van der Waals surface area contributed by atoms with Crippen LogP contribution in [0.2, 0.25) is 0 Å². The minimum Gasteiger partial charge on any atom is -0.385 e. The van der Waals surface area contributed by atoms with Crippen molar-refractivity contribution in [3.05, 3.63) is 66.0 Å². The van der Waals surface area contributed by atoms with Gasteiger partial charge in [0.25, 0.3) is 0 Å². The molecule has 1 atom stereocenters. The van der Waals surface area contributed by atoms with Gasteiger partial charge in [-0.2, -0.15) is 0 Å². The summed E-state index contributed by atoms with van der Waals surface area (Å²) in [5.41, 5.74) is 2.42. The number of likely N-dealkylation sites (tertiary alicyclic amines) is 1. The molecule has 3 heteroatoms. The highest BCUT2D eigenvalue weighted by Crippen LogP contribution is 2.18. The molecule has 0 aromatic heterocycles. The summed E-state index contributed by atoms with van der Waals surface area (Å²) in [4.78, 5) is 2.55. The van der Waals surface area contributed by atoms with E-state index in [1.54, 1.807) is 12.1 Å². The molecule has 0 radical (unpaired) electrons. The van der Waals surface area contributed by atoms with Gasteiger partial charge in [0, 0.05) is 25.3 Å². The predicted octanol–water partition coefficient (Wildman–Crippen LogP) is 4.19. The van der Waals surface area contributed by atoms with Gasteiger partial charge in [-0.25, -0.2) is 4.39 Å². The van der Waals surface area contributed by atoms with Gasteiger partial charge in [0.05, 0.1) is 0 Å². The van der Waals surface area contributed by atoms with Crippen LogP contribution in [-0.4, -0.2) is 31.1 Å². The molecule has 0 aliphatic carbocycles. The Balaban J connectivity index is 1.43. The van der Waals surface area contributed by atoms with Gasteiger partial charge in [-0.3, -0.25) is 0 Å². The average molecular weight is 312 g/mol. The smallest absolute Gasteiger partial charge is 0.123 e. The van der Waals surface area contributed by atoms with Crippen LogP contribution in [0.4, 0.5) is 10.1 Å². The Kier molecular flexibility index (Phi) is 5.65. The quantitative estimate of drug-likeness (QED) is 0.860. The lowest BCUT2D eigenvalue weighted by Gasteiger charge is -2.33. The van der Waals surface area contributed by atoms with Crippen molar-refractivity contribution >= 4 is 5.69 Å². The first kappa shape index (κ1) is 16.0. The van der Waals surface area contributed by atoms with E-state index in [0.717, 1.165) is 26.1 Å². The van der Waals surface area contributed by atoms with E-state index in [1.165, 1.54) is 30.6 Å². The minimum absolute atomic E-state index is 0.154. The molecule has 0 saturated carbocycles. The van der Waals surface area contributed by atoms with Crippen LogP contribution in [0.5, 0.6) is 0 Å². The van der Waals surface area contributed by atoms with Gasteiger partial charge in [0.2, 0.25) is 0 Å². The second-order valence-corrected chi connectivity index (χ2v) is 6.43. The van der Waals surface area contributed by atoms with Gasteiger partial charge >= 0.3 is 0 Å². The number of nitrogens with one attached hydrogen (secondary N) is 1. The van der Waals surface area contributed by atoms with E-state index in [2.05, 4.69) is 34.5 Å². The van der Waals surface area contributed by atoms with Crippen LogP contribution in [0.3, 0.4) is 0 Å². The summed E-state index contributed by atoms with van der Waals surface area (Å²) in [5, 5.41) is 3.55. The van der Waals surface area contributed by atoms with Crippen molar-refractivity contribution in [2.24, 2.45) is 5.92 Å². The van der Waals surface area contributed by atoms with E-state index in [-0.39, 0.29) is 5.82 Å². The number of rotatable bonds is 6. The number of piperidine rings is 1. The van der Waals surface area contributed by atoms with Crippen LogP contribution in [0, 0.1) is 11.7 Å². The molecule has 0 spiro atoms. The Hall–Kier alpha value is -1.87. The third-order valence-corrected chi connectivity index (χ3v) is 4.60. The molecule has 1 aliphatic heterocycles. The number of nitrogens with zero attached hydrogens (tertiary/aromatic N) is 1. The summed E-state index contributed by atoms with van der Waals surface area (Å²) in [5.74, 6) is 0.552. The summed E-state index contributed by atoms with van der Waals surface area (Å²) < 4.78 is 12.9. The summed E-state index contributed by atoms with van der Waals surface area (Å²) in [6.45, 7) is 4.44. The van der Waals surface area contributed by atoms with Crippen molar-refractivity contribution < 1.29 is 4.39 Å². The summed E-state index contributed by atoms with van der Waals surface area (Å²) in [6.07, 6.45) is 3.57. The molecule has 1 N–H and O–H groups in total. The maximum Gasteiger partial charge on any atom is 0.123 e. The predicted molar refractivity (Wildman–Crippen MR) is 94.2 cm³/mol. The van der Waals surface area contributed by atoms with Crippen LogP contribution < -0.4 is 5.32 Å². The molecule has 2 aromatic carbocycles. The molecule has 0 bridgehead atoms. The van der Waals surface area contributed by atoms with Crippen molar-refractivity contribution in [3.8, 4) is 0 Å². The number of hydrogen-bond acceptors (Lipinski definition) is 2. The van der Waals surface area contributed by atoms with E-state index < -0.39 is 0 Å². The molecule has 1 aliphatic rings. The first-order valence-corrected chi connectivity index (χ1v) is 8.55. The maximum absolute atomic E-state index is 12.9. The van der Waals surface area contributed by atoms with Crippen LogP contribution in [0.1, 0.15) is 18.4 Å². The molecule has 23 heavy (non-hydrogen) atoms. The van der Waals surface area contributed by atoms with Crippen molar-refractivity contribution in [1.29, 1.82) is 0 Å². The third-order valence-electron chi connectivity index (χ3n) is 4.60. The van der Waals surface area contributed by atoms with E-state index in [9.17, 15) is 4.39 Å². The van der Waals surface area contributed by atoms with Crippen LogP contribution in [0.15, 0.2) is 54.6 Å². The molecule has 1 saturated heterocycles. The highest BCUT2D eigenvalue weighted by molar-refractivity contribution is 5.42. The number of benzene rings is 2. The van der Waals surface area contributed by atoms with Crippen LogP contribution in [0.25, 0.3) is 0 Å². The monoisotopic (exact) mass is 312 g/mol. The standard InChI is InChI=1S/C20H25FN2/c21-19-10-8-17(9-11-19)12-14-23-13-4-5-18(16-23)15-22-20-6-2-1-3-7-20/h1-3,6-11,18,22H,4-5,12-16H2. The molecular formula is C20H25FN2. The first-order chi connectivity index (χ1) is 11.3. The van der Waals surface area contributed by atoms with E-state index in [1.807, 2.05) is 18.2 Å². The molecule has 3 rings (SSSR count). The Morgan fingerprint density at radius 1 is 1.04 bits per heavy atom. The fourth-order valence-corrected chi connectivity index (χ4v) is 3.28. The third kappa shape index (κ3) is 5.07. The second-order valence-electron chi connectivity index (χ2n) is 6.43. The van der Waals surface area contributed by atoms with Crippen molar-refractivity contribution in [2.75, 3.05) is 31.5 Å². The summed E-state index contributed by atoms with van der Waals surface area (Å²) in [7, 11) is 0. The van der Waals surface area contributed by atoms with Gasteiger partial charge in [0.1, 0.15) is 5.82 Å². The number of para-hydroxylation sites is 1. The van der Waals surface area contributed by atoms with Gasteiger partial charge in [0.15, 0.2) is 0 Å². The van der Waals surface area contributed by atoms with Crippen molar-refractivity contribution in [3.63, 3.8) is 0 Å². The summed E-state index contributed by atoms with van der Waals surface area (Å²) >= 11 is 0. The minimum atomic E-state index is -0.154. The van der Waals surface area contributed by atoms with Gasteiger partial charge in [-0.15, -0.1) is 0 Å². The molecular weight excluding hydrogens is 287 g/mol. The van der Waals surface area contributed by atoms with Gasteiger partial charge in [-0.1, -0.05) is 30.3 Å². The topological polar surface area (TPSA) is 15.3 Å². The highest BCUT2D eigenvalue weighted by atomic mass is 19.1. The molecule has 1 heterocycles. The van der Waals surface area contributed by atoms with Crippen molar-refractivity contribution in [2.45, 2.75) is 19.3 Å². The first-order valence-electron chi connectivity index (χ1n) is 8.55. The number of anilines is 1. The lowest BCUT2D eigenvalue weighted by Crippen LogP contribution is -2.39. The Bertz CT molecular complexity index is 582. The second kappa shape index (κ2) is 8.11. The lowest BCUT2D eigenvalue weighted by atomic mass is 9.97. The fraction of sp³-hybridized carbons (Fsp3) is 0.400. The van der Waals surface area contributed by atoms with Crippen LogP contribution >= 0.6 is 0 Å². The largest absolute Gasteiger partial charge is 0.385 e. The zero-order valence-electron chi connectivity index (χ0n) is 13.5. The SMILES string of the molecule is Fc1ccc(CCN2CCCC(CNc3ccccc3)C2)cc1. The zero-order valence-corrected chi connectivity index (χ0v) is 13.5. The fourth-order valence-electron chi connectivity index (χ4n) is 3.28. The average Bonchev–Trinajstić information content (AvgIpc) is 2.61. The number of halogens is 1. The Morgan fingerprint density at radius 2 is 1.83 bits per heavy atom. The molecule has 122 valence electrons. The normalized spacial score (nSPS) is 18.7. The van der Waals surface area contributed by atoms with E-state index in [0.29, 0.717) is 5.92 Å². The van der Waals surface area contributed by atoms with Gasteiger partial charge < -0.3 is 10.2 Å². The molecule has 1 unspecified atom stereocenters.